The zero-order valence-corrected chi connectivity index (χ0v) is 14.7. The number of nitrogens with one attached hydrogen (secondary N) is 1. The van der Waals surface area contributed by atoms with Gasteiger partial charge in [-0.15, -0.1) is 11.3 Å². The monoisotopic (exact) mass is 389 g/mol. The second kappa shape index (κ2) is 7.02. The van der Waals surface area contributed by atoms with Crippen LogP contribution in [0.2, 0.25) is 0 Å². The minimum absolute atomic E-state index is 0.165. The summed E-state index contributed by atoms with van der Waals surface area (Å²) in [4.78, 5) is 0.793. The Bertz CT molecular complexity index is 726. The first-order chi connectivity index (χ1) is 9.92. The molecular formula is C14H16BrNO3S2. The molecule has 2 aromatic rings. The summed E-state index contributed by atoms with van der Waals surface area (Å²) in [5, 5.41) is 9.07. The summed E-state index contributed by atoms with van der Waals surface area (Å²) in [6.07, 6.45) is 0.634. The fourth-order valence-corrected chi connectivity index (χ4v) is 5.51. The van der Waals surface area contributed by atoms with E-state index in [0.717, 1.165) is 11.1 Å². The molecule has 0 radical (unpaired) electrons. The highest BCUT2D eigenvalue weighted by molar-refractivity contribution is 9.11. The van der Waals surface area contributed by atoms with Crippen LogP contribution in [0.1, 0.15) is 16.0 Å². The number of thiophene rings is 1. The van der Waals surface area contributed by atoms with E-state index >= 15 is 0 Å². The number of aliphatic hydroxyl groups is 1. The Hall–Kier alpha value is -0.730. The molecule has 1 heterocycles. The number of aliphatic hydroxyl groups excluding tert-OH is 1. The fourth-order valence-electron chi connectivity index (χ4n) is 1.93. The van der Waals surface area contributed by atoms with Crippen LogP contribution in [0.25, 0.3) is 0 Å². The summed E-state index contributed by atoms with van der Waals surface area (Å²) >= 11 is 4.45. The van der Waals surface area contributed by atoms with Gasteiger partial charge in [0.25, 0.3) is 0 Å². The SMILES string of the molecule is Cc1cccc(CCNS(=O)(=O)c2cc(CO)sc2Br)c1. The Morgan fingerprint density at radius 1 is 1.33 bits per heavy atom. The van der Waals surface area contributed by atoms with Crippen molar-refractivity contribution in [2.24, 2.45) is 0 Å². The van der Waals surface area contributed by atoms with E-state index in [1.54, 1.807) is 0 Å². The van der Waals surface area contributed by atoms with Crippen LogP contribution in [0.15, 0.2) is 39.0 Å². The smallest absolute Gasteiger partial charge is 0.242 e. The van der Waals surface area contributed by atoms with Crippen LogP contribution < -0.4 is 4.72 Å². The lowest BCUT2D eigenvalue weighted by molar-refractivity contribution is 0.285. The minimum atomic E-state index is -3.56. The van der Waals surface area contributed by atoms with Crippen LogP contribution in [-0.4, -0.2) is 20.1 Å². The van der Waals surface area contributed by atoms with E-state index in [9.17, 15) is 8.42 Å². The highest BCUT2D eigenvalue weighted by atomic mass is 79.9. The zero-order chi connectivity index (χ0) is 15.5. The van der Waals surface area contributed by atoms with E-state index in [-0.39, 0.29) is 11.5 Å². The predicted octanol–water partition coefficient (Wildman–Crippen LogP) is 2.83. The molecule has 4 nitrogen and oxygen atoms in total. The molecule has 0 bridgehead atoms. The highest BCUT2D eigenvalue weighted by Gasteiger charge is 2.20. The van der Waals surface area contributed by atoms with Crippen molar-refractivity contribution in [3.63, 3.8) is 0 Å². The van der Waals surface area contributed by atoms with Crippen LogP contribution in [0, 0.1) is 6.92 Å². The van der Waals surface area contributed by atoms with E-state index in [2.05, 4.69) is 20.7 Å². The number of sulfonamides is 1. The van der Waals surface area contributed by atoms with Gasteiger partial charge in [-0.05, 0) is 40.9 Å². The molecule has 0 fully saturated rings. The molecule has 0 amide bonds. The molecule has 0 aliphatic carbocycles. The average molecular weight is 390 g/mol. The Labute approximate surface area is 137 Å². The second-order valence-electron chi connectivity index (χ2n) is 4.65. The molecule has 0 aliphatic heterocycles. The van der Waals surface area contributed by atoms with Gasteiger partial charge >= 0.3 is 0 Å². The quantitative estimate of drug-likeness (QED) is 0.797. The third kappa shape index (κ3) is 4.37. The van der Waals surface area contributed by atoms with E-state index in [1.165, 1.54) is 17.4 Å². The summed E-state index contributed by atoms with van der Waals surface area (Å²) < 4.78 is 27.5. The molecule has 1 aromatic heterocycles. The first kappa shape index (κ1) is 16.6. The number of benzene rings is 1. The normalized spacial score (nSPS) is 11.8. The van der Waals surface area contributed by atoms with Crippen LogP contribution in [0.4, 0.5) is 0 Å². The molecule has 0 spiro atoms. The molecule has 7 heteroatoms. The van der Waals surface area contributed by atoms with Gasteiger partial charge in [0.15, 0.2) is 0 Å². The molecule has 0 atom stereocenters. The number of hydrogen-bond donors (Lipinski definition) is 2. The minimum Gasteiger partial charge on any atom is -0.391 e. The highest BCUT2D eigenvalue weighted by Crippen LogP contribution is 2.31. The number of hydrogen-bond acceptors (Lipinski definition) is 4. The zero-order valence-electron chi connectivity index (χ0n) is 11.5. The van der Waals surface area contributed by atoms with Gasteiger partial charge in [0.05, 0.1) is 10.4 Å². The van der Waals surface area contributed by atoms with Gasteiger partial charge in [0.1, 0.15) is 4.90 Å². The van der Waals surface area contributed by atoms with Crippen LogP contribution in [0.5, 0.6) is 0 Å². The van der Waals surface area contributed by atoms with Crippen LogP contribution in [-0.2, 0) is 23.1 Å². The Kier molecular flexibility index (Phi) is 5.56. The lowest BCUT2D eigenvalue weighted by Crippen LogP contribution is -2.25. The van der Waals surface area contributed by atoms with E-state index in [1.807, 2.05) is 31.2 Å². The average Bonchev–Trinajstić information content (AvgIpc) is 2.81. The summed E-state index contributed by atoms with van der Waals surface area (Å²) in [6, 6.07) is 9.48. The van der Waals surface area contributed by atoms with E-state index in [4.69, 9.17) is 5.11 Å². The Morgan fingerprint density at radius 2 is 2.10 bits per heavy atom. The van der Waals surface area contributed by atoms with Gasteiger partial charge in [-0.3, -0.25) is 0 Å². The molecule has 0 saturated heterocycles. The molecule has 2 N–H and O–H groups in total. The molecule has 0 aliphatic rings. The lowest BCUT2D eigenvalue weighted by Gasteiger charge is -2.06. The third-order valence-corrected chi connectivity index (χ3v) is 6.64. The van der Waals surface area contributed by atoms with Gasteiger partial charge in [0.2, 0.25) is 10.0 Å². The Balaban J connectivity index is 2.03. The third-order valence-electron chi connectivity index (χ3n) is 2.94. The maximum atomic E-state index is 12.2. The first-order valence-corrected chi connectivity index (χ1v) is 9.46. The van der Waals surface area contributed by atoms with Crippen molar-refractivity contribution in [1.29, 1.82) is 0 Å². The van der Waals surface area contributed by atoms with Crippen molar-refractivity contribution in [3.05, 3.63) is 50.1 Å². The van der Waals surface area contributed by atoms with Gasteiger partial charge in [0, 0.05) is 11.4 Å². The van der Waals surface area contributed by atoms with E-state index < -0.39 is 10.0 Å². The first-order valence-electron chi connectivity index (χ1n) is 6.36. The number of halogens is 1. The standard InChI is InChI=1S/C14H16BrNO3S2/c1-10-3-2-4-11(7-10)5-6-16-21(18,19)13-8-12(9-17)20-14(13)15/h2-4,7-8,16-17H,5-6,9H2,1H3. The fraction of sp³-hybridized carbons (Fsp3) is 0.286. The van der Waals surface area contributed by atoms with Crippen molar-refractivity contribution in [2.75, 3.05) is 6.54 Å². The molecular weight excluding hydrogens is 374 g/mol. The summed E-state index contributed by atoms with van der Waals surface area (Å²) in [6.45, 7) is 2.18. The molecule has 0 unspecified atom stereocenters. The van der Waals surface area contributed by atoms with Crippen molar-refractivity contribution >= 4 is 37.3 Å². The second-order valence-corrected chi connectivity index (χ2v) is 8.84. The summed E-state index contributed by atoms with van der Waals surface area (Å²) in [5.74, 6) is 0. The van der Waals surface area contributed by atoms with Crippen LogP contribution in [0.3, 0.4) is 0 Å². The van der Waals surface area contributed by atoms with Crippen molar-refractivity contribution in [3.8, 4) is 0 Å². The van der Waals surface area contributed by atoms with E-state index in [0.29, 0.717) is 21.6 Å². The molecule has 1 aromatic carbocycles. The van der Waals surface area contributed by atoms with Gasteiger partial charge < -0.3 is 5.11 Å². The van der Waals surface area contributed by atoms with Crippen molar-refractivity contribution in [1.82, 2.24) is 4.72 Å². The predicted molar refractivity (Wildman–Crippen MR) is 88.0 cm³/mol. The molecule has 2 rings (SSSR count). The molecule has 21 heavy (non-hydrogen) atoms. The Morgan fingerprint density at radius 3 is 2.71 bits per heavy atom. The molecule has 114 valence electrons. The van der Waals surface area contributed by atoms with Crippen molar-refractivity contribution in [2.45, 2.75) is 24.8 Å². The lowest BCUT2D eigenvalue weighted by atomic mass is 10.1. The maximum absolute atomic E-state index is 12.2. The summed E-state index contributed by atoms with van der Waals surface area (Å²) in [5.41, 5.74) is 2.25. The maximum Gasteiger partial charge on any atom is 0.242 e. The van der Waals surface area contributed by atoms with Crippen molar-refractivity contribution < 1.29 is 13.5 Å². The number of rotatable bonds is 6. The van der Waals surface area contributed by atoms with Gasteiger partial charge in [-0.2, -0.15) is 0 Å². The topological polar surface area (TPSA) is 66.4 Å². The van der Waals surface area contributed by atoms with Gasteiger partial charge in [-0.1, -0.05) is 29.8 Å². The largest absolute Gasteiger partial charge is 0.391 e. The van der Waals surface area contributed by atoms with Crippen LogP contribution >= 0.6 is 27.3 Å². The molecule has 0 saturated carbocycles. The summed E-state index contributed by atoms with van der Waals surface area (Å²) in [7, 11) is -3.56. The van der Waals surface area contributed by atoms with Gasteiger partial charge in [-0.25, -0.2) is 13.1 Å². The number of aryl methyl sites for hydroxylation is 1.